The minimum Gasteiger partial charge on any atom is -0.367 e. The van der Waals surface area contributed by atoms with Crippen molar-refractivity contribution in [3.05, 3.63) is 6.33 Å². The van der Waals surface area contributed by atoms with Gasteiger partial charge in [0.15, 0.2) is 0 Å². The number of nitrogen functional groups attached to an aromatic ring is 1. The van der Waals surface area contributed by atoms with E-state index in [9.17, 15) is 8.42 Å². The first-order valence-electron chi connectivity index (χ1n) is 3.97. The smallest absolute Gasteiger partial charge is 0.239 e. The number of aromatic nitrogens is 3. The highest BCUT2D eigenvalue weighted by atomic mass is 32.2. The molecule has 0 saturated heterocycles. The zero-order valence-electron chi connectivity index (χ0n) is 8.08. The van der Waals surface area contributed by atoms with Gasteiger partial charge in [-0.05, 0) is 0 Å². The van der Waals surface area contributed by atoms with Gasteiger partial charge in [0.25, 0.3) is 0 Å². The molecule has 80 valence electrons. The summed E-state index contributed by atoms with van der Waals surface area (Å²) < 4.78 is 25.3. The molecule has 7 nitrogen and oxygen atoms in total. The first-order chi connectivity index (χ1) is 6.42. The average molecular weight is 219 g/mol. The molecule has 0 aromatic carbocycles. The van der Waals surface area contributed by atoms with Crippen LogP contribution in [-0.2, 0) is 16.6 Å². The Balaban J connectivity index is 2.57. The summed E-state index contributed by atoms with van der Waals surface area (Å²) in [7, 11) is -0.201. The number of anilines is 1. The Morgan fingerprint density at radius 2 is 2.21 bits per heavy atom. The molecule has 0 saturated carbocycles. The van der Waals surface area contributed by atoms with Crippen molar-refractivity contribution in [3.8, 4) is 0 Å². The van der Waals surface area contributed by atoms with Gasteiger partial charge in [0, 0.05) is 14.1 Å². The Labute approximate surface area is 82.6 Å². The lowest BCUT2D eigenvalue weighted by Crippen LogP contribution is -2.27. The number of nitrogens with two attached hydrogens (primary N) is 1. The molecule has 14 heavy (non-hydrogen) atoms. The summed E-state index contributed by atoms with van der Waals surface area (Å²) >= 11 is 0. The molecule has 0 spiro atoms. The zero-order valence-corrected chi connectivity index (χ0v) is 8.90. The fourth-order valence-electron chi connectivity index (χ4n) is 0.808. The Hall–Kier alpha value is -1.15. The summed E-state index contributed by atoms with van der Waals surface area (Å²) in [6.07, 6.45) is 1.40. The molecule has 0 radical (unpaired) electrons. The van der Waals surface area contributed by atoms with E-state index in [1.54, 1.807) is 0 Å². The molecule has 0 amide bonds. The largest absolute Gasteiger partial charge is 0.367 e. The average Bonchev–Trinajstić information content (AvgIpc) is 2.48. The van der Waals surface area contributed by atoms with E-state index in [4.69, 9.17) is 5.73 Å². The zero-order chi connectivity index (χ0) is 10.8. The number of hydrogen-bond acceptors (Lipinski definition) is 5. The van der Waals surface area contributed by atoms with Gasteiger partial charge in [0.05, 0.1) is 12.3 Å². The van der Waals surface area contributed by atoms with Gasteiger partial charge in [0.2, 0.25) is 16.0 Å². The maximum absolute atomic E-state index is 11.3. The fourth-order valence-corrected chi connectivity index (χ4v) is 1.59. The molecule has 0 aliphatic heterocycles. The highest BCUT2D eigenvalue weighted by Gasteiger charge is 2.13. The molecule has 0 aliphatic rings. The summed E-state index contributed by atoms with van der Waals surface area (Å²) in [4.78, 5) is 3.68. The van der Waals surface area contributed by atoms with Gasteiger partial charge in [-0.25, -0.2) is 22.4 Å². The van der Waals surface area contributed by atoms with E-state index in [1.807, 2.05) is 0 Å². The number of rotatable bonds is 4. The molecular weight excluding hydrogens is 206 g/mol. The van der Waals surface area contributed by atoms with E-state index in [1.165, 1.54) is 29.4 Å². The van der Waals surface area contributed by atoms with Crippen molar-refractivity contribution in [1.29, 1.82) is 0 Å². The second kappa shape index (κ2) is 3.93. The fraction of sp³-hybridized carbons (Fsp3) is 0.667. The standard InChI is InChI=1S/C6H13N5O2S/c1-10(2)14(12,13)4-3-11-5-8-6(7)9-11/h5H,3-4H2,1-2H3,(H2,7,9). The van der Waals surface area contributed by atoms with Gasteiger partial charge in [-0.1, -0.05) is 0 Å². The van der Waals surface area contributed by atoms with Crippen LogP contribution in [0.5, 0.6) is 0 Å². The molecule has 1 aromatic heterocycles. The quantitative estimate of drug-likeness (QED) is 0.683. The van der Waals surface area contributed by atoms with Crippen LogP contribution in [0.3, 0.4) is 0 Å². The van der Waals surface area contributed by atoms with Crippen LogP contribution in [0.4, 0.5) is 5.95 Å². The third-order valence-electron chi connectivity index (χ3n) is 1.69. The summed E-state index contributed by atoms with van der Waals surface area (Å²) in [5.74, 6) is 0.134. The van der Waals surface area contributed by atoms with Crippen LogP contribution in [0.1, 0.15) is 0 Å². The van der Waals surface area contributed by atoms with Gasteiger partial charge in [0.1, 0.15) is 6.33 Å². The molecule has 0 fully saturated rings. The molecular formula is C6H13N5O2S. The monoisotopic (exact) mass is 219 g/mol. The van der Waals surface area contributed by atoms with Gasteiger partial charge < -0.3 is 5.73 Å². The molecule has 1 aromatic rings. The van der Waals surface area contributed by atoms with Crippen molar-refractivity contribution in [1.82, 2.24) is 19.1 Å². The van der Waals surface area contributed by atoms with Crippen LogP contribution in [0.2, 0.25) is 0 Å². The summed E-state index contributed by atoms with van der Waals surface area (Å²) in [6, 6.07) is 0. The van der Waals surface area contributed by atoms with Gasteiger partial charge in [-0.2, -0.15) is 0 Å². The van der Waals surface area contributed by atoms with E-state index in [2.05, 4.69) is 10.1 Å². The predicted molar refractivity (Wildman–Crippen MR) is 51.9 cm³/mol. The van der Waals surface area contributed by atoms with Gasteiger partial charge in [-0.3, -0.25) is 0 Å². The van der Waals surface area contributed by atoms with Crippen LogP contribution >= 0.6 is 0 Å². The van der Waals surface area contributed by atoms with E-state index in [-0.39, 0.29) is 18.2 Å². The first-order valence-corrected chi connectivity index (χ1v) is 5.58. The Kier molecular flexibility index (Phi) is 3.06. The molecule has 2 N–H and O–H groups in total. The number of hydrogen-bond donors (Lipinski definition) is 1. The highest BCUT2D eigenvalue weighted by Crippen LogP contribution is 1.96. The van der Waals surface area contributed by atoms with E-state index in [0.29, 0.717) is 0 Å². The Morgan fingerprint density at radius 1 is 1.57 bits per heavy atom. The van der Waals surface area contributed by atoms with Crippen LogP contribution in [0, 0.1) is 0 Å². The van der Waals surface area contributed by atoms with Crippen LogP contribution < -0.4 is 5.73 Å². The minimum absolute atomic E-state index is 0.0111. The lowest BCUT2D eigenvalue weighted by molar-refractivity contribution is 0.511. The number of aryl methyl sites for hydroxylation is 1. The third kappa shape index (κ3) is 2.67. The molecule has 1 rings (SSSR count). The third-order valence-corrected chi connectivity index (χ3v) is 3.50. The van der Waals surface area contributed by atoms with Crippen LogP contribution in [0.25, 0.3) is 0 Å². The topological polar surface area (TPSA) is 94.1 Å². The highest BCUT2D eigenvalue weighted by molar-refractivity contribution is 7.89. The Bertz CT molecular complexity index is 396. The molecule has 0 bridgehead atoms. The summed E-state index contributed by atoms with van der Waals surface area (Å²) in [6.45, 7) is 0.255. The van der Waals surface area contributed by atoms with Crippen molar-refractivity contribution in [3.63, 3.8) is 0 Å². The van der Waals surface area contributed by atoms with E-state index < -0.39 is 10.0 Å². The normalized spacial score (nSPS) is 12.2. The van der Waals surface area contributed by atoms with Crippen molar-refractivity contribution in [2.75, 3.05) is 25.6 Å². The molecule has 0 unspecified atom stereocenters. The molecule has 1 heterocycles. The number of nitrogens with zero attached hydrogens (tertiary/aromatic N) is 4. The van der Waals surface area contributed by atoms with Crippen LogP contribution in [0.15, 0.2) is 6.33 Å². The van der Waals surface area contributed by atoms with Crippen molar-refractivity contribution in [2.45, 2.75) is 6.54 Å². The van der Waals surface area contributed by atoms with Crippen molar-refractivity contribution >= 4 is 16.0 Å². The van der Waals surface area contributed by atoms with E-state index in [0.717, 1.165) is 0 Å². The van der Waals surface area contributed by atoms with Gasteiger partial charge in [-0.15, -0.1) is 5.10 Å². The SMILES string of the molecule is CN(C)S(=O)(=O)CCn1cnc(N)n1. The lowest BCUT2D eigenvalue weighted by Gasteiger charge is -2.10. The van der Waals surface area contributed by atoms with E-state index >= 15 is 0 Å². The predicted octanol–water partition coefficient (Wildman–Crippen LogP) is -1.25. The second-order valence-electron chi connectivity index (χ2n) is 2.96. The first kappa shape index (κ1) is 10.9. The van der Waals surface area contributed by atoms with Crippen LogP contribution in [-0.4, -0.2) is 47.3 Å². The number of sulfonamides is 1. The summed E-state index contributed by atoms with van der Waals surface area (Å²) in [5, 5.41) is 3.77. The summed E-state index contributed by atoms with van der Waals surface area (Å²) in [5.41, 5.74) is 5.27. The second-order valence-corrected chi connectivity index (χ2v) is 5.27. The minimum atomic E-state index is -3.18. The molecule has 8 heteroatoms. The maximum atomic E-state index is 11.3. The molecule has 0 aliphatic carbocycles. The van der Waals surface area contributed by atoms with Gasteiger partial charge >= 0.3 is 0 Å². The van der Waals surface area contributed by atoms with Crippen molar-refractivity contribution in [2.24, 2.45) is 0 Å². The Morgan fingerprint density at radius 3 is 2.64 bits per heavy atom. The lowest BCUT2D eigenvalue weighted by atomic mass is 10.8. The van der Waals surface area contributed by atoms with Crippen molar-refractivity contribution < 1.29 is 8.42 Å². The molecule has 0 atom stereocenters. The maximum Gasteiger partial charge on any atom is 0.239 e.